The highest BCUT2D eigenvalue weighted by molar-refractivity contribution is 5.43. The standard InChI is InChI=1S/C17H19NO2/c19-16-7-6-14(15-8-9-18-11-15)10-17(16)20-12-13-4-2-1-3-5-13/h1-7,10,15,18-19H,8-9,11-12H2. The van der Waals surface area contributed by atoms with Crippen molar-refractivity contribution in [3.8, 4) is 11.5 Å². The van der Waals surface area contributed by atoms with E-state index in [1.165, 1.54) is 5.56 Å². The molecule has 1 aliphatic heterocycles. The van der Waals surface area contributed by atoms with Gasteiger partial charge in [-0.15, -0.1) is 0 Å². The number of hydrogen-bond acceptors (Lipinski definition) is 3. The first-order valence-corrected chi connectivity index (χ1v) is 7.03. The van der Waals surface area contributed by atoms with Gasteiger partial charge in [0.05, 0.1) is 0 Å². The topological polar surface area (TPSA) is 41.5 Å². The average molecular weight is 269 g/mol. The van der Waals surface area contributed by atoms with E-state index in [4.69, 9.17) is 4.74 Å². The van der Waals surface area contributed by atoms with E-state index in [9.17, 15) is 5.11 Å². The molecule has 1 fully saturated rings. The minimum atomic E-state index is 0.204. The van der Waals surface area contributed by atoms with Crippen molar-refractivity contribution in [2.75, 3.05) is 13.1 Å². The first-order valence-electron chi connectivity index (χ1n) is 7.03. The molecule has 2 aromatic carbocycles. The molecule has 2 N–H and O–H groups in total. The normalized spacial score (nSPS) is 18.1. The van der Waals surface area contributed by atoms with E-state index in [1.807, 2.05) is 42.5 Å². The van der Waals surface area contributed by atoms with E-state index in [-0.39, 0.29) is 5.75 Å². The largest absolute Gasteiger partial charge is 0.504 e. The molecular weight excluding hydrogens is 250 g/mol. The molecule has 0 amide bonds. The Morgan fingerprint density at radius 3 is 2.75 bits per heavy atom. The number of aromatic hydroxyl groups is 1. The lowest BCUT2D eigenvalue weighted by molar-refractivity contribution is 0.288. The molecule has 3 nitrogen and oxygen atoms in total. The van der Waals surface area contributed by atoms with Gasteiger partial charge in [-0.25, -0.2) is 0 Å². The maximum absolute atomic E-state index is 9.92. The van der Waals surface area contributed by atoms with Crippen molar-refractivity contribution in [1.82, 2.24) is 5.32 Å². The molecule has 3 rings (SSSR count). The van der Waals surface area contributed by atoms with Crippen LogP contribution in [0, 0.1) is 0 Å². The van der Waals surface area contributed by atoms with Crippen LogP contribution < -0.4 is 10.1 Å². The fourth-order valence-corrected chi connectivity index (χ4v) is 2.57. The van der Waals surface area contributed by atoms with Crippen molar-refractivity contribution < 1.29 is 9.84 Å². The Hall–Kier alpha value is -2.00. The molecule has 3 heteroatoms. The van der Waals surface area contributed by atoms with Crippen molar-refractivity contribution in [3.63, 3.8) is 0 Å². The first kappa shape index (κ1) is 13.0. The number of rotatable bonds is 4. The third-order valence-electron chi connectivity index (χ3n) is 3.75. The maximum atomic E-state index is 9.92. The van der Waals surface area contributed by atoms with Crippen LogP contribution in [0.4, 0.5) is 0 Å². The van der Waals surface area contributed by atoms with E-state index in [2.05, 4.69) is 5.32 Å². The molecule has 0 radical (unpaired) electrons. The summed E-state index contributed by atoms with van der Waals surface area (Å²) in [6, 6.07) is 15.7. The Balaban J connectivity index is 1.73. The van der Waals surface area contributed by atoms with Gasteiger partial charge in [0.25, 0.3) is 0 Å². The number of phenolic OH excluding ortho intramolecular Hbond substituents is 1. The third kappa shape index (κ3) is 2.94. The Labute approximate surface area is 119 Å². The summed E-state index contributed by atoms with van der Waals surface area (Å²) in [7, 11) is 0. The van der Waals surface area contributed by atoms with E-state index >= 15 is 0 Å². The van der Waals surface area contributed by atoms with Crippen LogP contribution in [0.25, 0.3) is 0 Å². The van der Waals surface area contributed by atoms with Crippen LogP contribution in [0.5, 0.6) is 11.5 Å². The molecule has 104 valence electrons. The lowest BCUT2D eigenvalue weighted by Gasteiger charge is -2.13. The monoisotopic (exact) mass is 269 g/mol. The van der Waals surface area contributed by atoms with E-state index in [0.717, 1.165) is 25.1 Å². The van der Waals surface area contributed by atoms with Crippen molar-refractivity contribution in [1.29, 1.82) is 0 Å². The Kier molecular flexibility index (Phi) is 3.88. The molecule has 0 saturated carbocycles. The Bertz CT molecular complexity index is 562. The molecule has 0 bridgehead atoms. The van der Waals surface area contributed by atoms with E-state index in [1.54, 1.807) is 6.07 Å². The highest BCUT2D eigenvalue weighted by Gasteiger charge is 2.18. The molecule has 1 unspecified atom stereocenters. The van der Waals surface area contributed by atoms with Gasteiger partial charge < -0.3 is 15.2 Å². The summed E-state index contributed by atoms with van der Waals surface area (Å²) >= 11 is 0. The number of hydrogen-bond donors (Lipinski definition) is 2. The summed E-state index contributed by atoms with van der Waals surface area (Å²) in [6.07, 6.45) is 1.14. The molecule has 1 heterocycles. The smallest absolute Gasteiger partial charge is 0.161 e. The molecular formula is C17H19NO2. The molecule has 1 atom stereocenters. The van der Waals surface area contributed by atoms with Gasteiger partial charge >= 0.3 is 0 Å². The third-order valence-corrected chi connectivity index (χ3v) is 3.75. The highest BCUT2D eigenvalue weighted by Crippen LogP contribution is 2.32. The maximum Gasteiger partial charge on any atom is 0.161 e. The van der Waals surface area contributed by atoms with Crippen molar-refractivity contribution in [2.24, 2.45) is 0 Å². The molecule has 2 aromatic rings. The van der Waals surface area contributed by atoms with Gasteiger partial charge in [-0.05, 0) is 42.1 Å². The fourth-order valence-electron chi connectivity index (χ4n) is 2.57. The number of phenols is 1. The summed E-state index contributed by atoms with van der Waals surface area (Å²) in [5.41, 5.74) is 2.33. The van der Waals surface area contributed by atoms with Crippen molar-refractivity contribution in [2.45, 2.75) is 18.9 Å². The Morgan fingerprint density at radius 2 is 2.00 bits per heavy atom. The second kappa shape index (κ2) is 5.97. The van der Waals surface area contributed by atoms with Gasteiger partial charge in [0.15, 0.2) is 11.5 Å². The molecule has 0 spiro atoms. The van der Waals surface area contributed by atoms with Gasteiger partial charge in [-0.1, -0.05) is 36.4 Å². The van der Waals surface area contributed by atoms with E-state index in [0.29, 0.717) is 18.3 Å². The van der Waals surface area contributed by atoms with Crippen LogP contribution >= 0.6 is 0 Å². The van der Waals surface area contributed by atoms with Gasteiger partial charge in [-0.2, -0.15) is 0 Å². The predicted molar refractivity (Wildman–Crippen MR) is 79.1 cm³/mol. The number of benzene rings is 2. The van der Waals surface area contributed by atoms with Gasteiger partial charge in [0, 0.05) is 6.54 Å². The lowest BCUT2D eigenvalue weighted by Crippen LogP contribution is -2.08. The molecule has 1 aliphatic rings. The average Bonchev–Trinajstić information content (AvgIpc) is 3.02. The summed E-state index contributed by atoms with van der Waals surface area (Å²) in [4.78, 5) is 0. The van der Waals surface area contributed by atoms with Crippen LogP contribution in [0.2, 0.25) is 0 Å². The summed E-state index contributed by atoms with van der Waals surface area (Å²) in [6.45, 7) is 2.54. The Morgan fingerprint density at radius 1 is 1.15 bits per heavy atom. The predicted octanol–water partition coefficient (Wildman–Crippen LogP) is 3.05. The SMILES string of the molecule is Oc1ccc(C2CCNC2)cc1OCc1ccccc1. The molecule has 1 saturated heterocycles. The number of ether oxygens (including phenoxy) is 1. The van der Waals surface area contributed by atoms with Gasteiger partial charge in [0.2, 0.25) is 0 Å². The first-order chi connectivity index (χ1) is 9.83. The second-order valence-corrected chi connectivity index (χ2v) is 5.19. The zero-order valence-electron chi connectivity index (χ0n) is 11.4. The summed E-state index contributed by atoms with van der Waals surface area (Å²) in [5, 5.41) is 13.3. The number of nitrogens with one attached hydrogen (secondary N) is 1. The van der Waals surface area contributed by atoms with E-state index < -0.39 is 0 Å². The van der Waals surface area contributed by atoms with Crippen LogP contribution in [0.1, 0.15) is 23.5 Å². The molecule has 0 aromatic heterocycles. The van der Waals surface area contributed by atoms with Crippen LogP contribution in [-0.4, -0.2) is 18.2 Å². The summed E-state index contributed by atoms with van der Waals surface area (Å²) in [5.74, 6) is 1.29. The van der Waals surface area contributed by atoms with Crippen LogP contribution in [0.3, 0.4) is 0 Å². The van der Waals surface area contributed by atoms with Crippen molar-refractivity contribution >= 4 is 0 Å². The van der Waals surface area contributed by atoms with Gasteiger partial charge in [0.1, 0.15) is 6.61 Å². The van der Waals surface area contributed by atoms with Crippen molar-refractivity contribution in [3.05, 3.63) is 59.7 Å². The second-order valence-electron chi connectivity index (χ2n) is 5.19. The van der Waals surface area contributed by atoms with Crippen LogP contribution in [0.15, 0.2) is 48.5 Å². The summed E-state index contributed by atoms with van der Waals surface area (Å²) < 4.78 is 5.75. The molecule has 0 aliphatic carbocycles. The zero-order valence-corrected chi connectivity index (χ0v) is 11.4. The van der Waals surface area contributed by atoms with Crippen LogP contribution in [-0.2, 0) is 6.61 Å². The highest BCUT2D eigenvalue weighted by atomic mass is 16.5. The van der Waals surface area contributed by atoms with Gasteiger partial charge in [-0.3, -0.25) is 0 Å². The fraction of sp³-hybridized carbons (Fsp3) is 0.294. The minimum Gasteiger partial charge on any atom is -0.504 e. The lowest BCUT2D eigenvalue weighted by atomic mass is 9.98. The minimum absolute atomic E-state index is 0.204. The molecule has 20 heavy (non-hydrogen) atoms. The quantitative estimate of drug-likeness (QED) is 0.896. The zero-order chi connectivity index (χ0) is 13.8.